The first kappa shape index (κ1) is 14.2. The zero-order chi connectivity index (χ0) is 15.5. The molecule has 22 heavy (non-hydrogen) atoms. The topological polar surface area (TPSA) is 68.0 Å². The summed E-state index contributed by atoms with van der Waals surface area (Å²) in [6, 6.07) is 10.4. The Hall–Kier alpha value is -2.73. The standard InChI is InChI=1S/C15H9ClFN3O2/c16-13-7-10(17)3-6-12(13)14(21)19-11-4-1-9(2-5-11)15-20-18-8-22-15/h1-8H,(H,19,21). The fraction of sp³-hybridized carbons (Fsp3) is 0. The maximum absolute atomic E-state index is 13.0. The van der Waals surface area contributed by atoms with E-state index >= 15 is 0 Å². The third kappa shape index (κ3) is 2.96. The van der Waals surface area contributed by atoms with Gasteiger partial charge in [-0.2, -0.15) is 0 Å². The lowest BCUT2D eigenvalue weighted by Crippen LogP contribution is -2.12. The van der Waals surface area contributed by atoms with E-state index < -0.39 is 11.7 Å². The molecule has 0 saturated carbocycles. The summed E-state index contributed by atoms with van der Waals surface area (Å²) < 4.78 is 18.1. The molecule has 0 spiro atoms. The molecule has 3 rings (SSSR count). The van der Waals surface area contributed by atoms with E-state index in [0.29, 0.717) is 11.6 Å². The predicted molar refractivity (Wildman–Crippen MR) is 79.1 cm³/mol. The number of anilines is 1. The molecule has 1 amide bonds. The van der Waals surface area contributed by atoms with Crippen LogP contribution in [0, 0.1) is 5.82 Å². The molecule has 3 aromatic rings. The highest BCUT2D eigenvalue weighted by molar-refractivity contribution is 6.34. The van der Waals surface area contributed by atoms with Crippen LogP contribution in [0.5, 0.6) is 0 Å². The second kappa shape index (κ2) is 5.95. The number of carbonyl (C=O) groups is 1. The molecule has 0 saturated heterocycles. The van der Waals surface area contributed by atoms with E-state index in [9.17, 15) is 9.18 Å². The number of benzene rings is 2. The predicted octanol–water partition coefficient (Wildman–Crippen LogP) is 3.78. The zero-order valence-electron chi connectivity index (χ0n) is 11.1. The van der Waals surface area contributed by atoms with Crippen LogP contribution in [0.1, 0.15) is 10.4 Å². The van der Waals surface area contributed by atoms with Crippen molar-refractivity contribution in [2.45, 2.75) is 0 Å². The van der Waals surface area contributed by atoms with Crippen LogP contribution in [0.4, 0.5) is 10.1 Å². The fourth-order valence-corrected chi connectivity index (χ4v) is 2.12. The smallest absolute Gasteiger partial charge is 0.257 e. The first-order valence-corrected chi connectivity index (χ1v) is 6.64. The van der Waals surface area contributed by atoms with E-state index in [1.807, 2.05) is 0 Å². The minimum absolute atomic E-state index is 0.0555. The zero-order valence-corrected chi connectivity index (χ0v) is 11.8. The summed E-state index contributed by atoms with van der Waals surface area (Å²) in [4.78, 5) is 12.1. The van der Waals surface area contributed by atoms with Crippen molar-refractivity contribution in [3.8, 4) is 11.5 Å². The van der Waals surface area contributed by atoms with Gasteiger partial charge in [0.15, 0.2) is 0 Å². The SMILES string of the molecule is O=C(Nc1ccc(-c2nnco2)cc1)c1ccc(F)cc1Cl. The van der Waals surface area contributed by atoms with Gasteiger partial charge in [-0.25, -0.2) is 4.39 Å². The van der Waals surface area contributed by atoms with E-state index in [2.05, 4.69) is 15.5 Å². The Kier molecular flexibility index (Phi) is 3.84. The van der Waals surface area contributed by atoms with Crippen molar-refractivity contribution >= 4 is 23.2 Å². The number of nitrogens with one attached hydrogen (secondary N) is 1. The third-order valence-corrected chi connectivity index (χ3v) is 3.24. The van der Waals surface area contributed by atoms with E-state index in [-0.39, 0.29) is 10.6 Å². The summed E-state index contributed by atoms with van der Waals surface area (Å²) in [6.45, 7) is 0. The molecule has 1 aromatic heterocycles. The van der Waals surface area contributed by atoms with E-state index in [1.165, 1.54) is 18.5 Å². The number of nitrogens with zero attached hydrogens (tertiary/aromatic N) is 2. The molecule has 1 heterocycles. The van der Waals surface area contributed by atoms with Crippen molar-refractivity contribution in [3.63, 3.8) is 0 Å². The van der Waals surface area contributed by atoms with Crippen molar-refractivity contribution in [1.29, 1.82) is 0 Å². The van der Waals surface area contributed by atoms with Gasteiger partial charge in [0.05, 0.1) is 10.6 Å². The maximum atomic E-state index is 13.0. The van der Waals surface area contributed by atoms with Crippen molar-refractivity contribution in [3.05, 3.63) is 65.3 Å². The number of hydrogen-bond acceptors (Lipinski definition) is 4. The number of aromatic nitrogens is 2. The van der Waals surface area contributed by atoms with Gasteiger partial charge in [-0.1, -0.05) is 11.6 Å². The van der Waals surface area contributed by atoms with Gasteiger partial charge in [-0.3, -0.25) is 4.79 Å². The summed E-state index contributed by atoms with van der Waals surface area (Å²) in [5.41, 5.74) is 1.49. The van der Waals surface area contributed by atoms with Crippen LogP contribution in [-0.4, -0.2) is 16.1 Å². The van der Waals surface area contributed by atoms with Crippen LogP contribution < -0.4 is 5.32 Å². The molecule has 0 aliphatic heterocycles. The molecule has 0 aliphatic rings. The summed E-state index contributed by atoms with van der Waals surface area (Å²) in [5, 5.41) is 10.1. The second-order valence-corrected chi connectivity index (χ2v) is 4.81. The lowest BCUT2D eigenvalue weighted by Gasteiger charge is -2.07. The van der Waals surface area contributed by atoms with Gasteiger partial charge in [0.1, 0.15) is 5.82 Å². The highest BCUT2D eigenvalue weighted by Crippen LogP contribution is 2.21. The molecule has 0 radical (unpaired) electrons. The van der Waals surface area contributed by atoms with Gasteiger partial charge in [-0.05, 0) is 42.5 Å². The fourth-order valence-electron chi connectivity index (χ4n) is 1.87. The van der Waals surface area contributed by atoms with E-state index in [1.54, 1.807) is 24.3 Å². The van der Waals surface area contributed by atoms with Gasteiger partial charge in [-0.15, -0.1) is 10.2 Å². The van der Waals surface area contributed by atoms with Gasteiger partial charge < -0.3 is 9.73 Å². The highest BCUT2D eigenvalue weighted by atomic mass is 35.5. The lowest BCUT2D eigenvalue weighted by molar-refractivity contribution is 0.102. The second-order valence-electron chi connectivity index (χ2n) is 4.40. The van der Waals surface area contributed by atoms with Crippen molar-refractivity contribution < 1.29 is 13.6 Å². The minimum atomic E-state index is -0.495. The largest absolute Gasteiger partial charge is 0.423 e. The first-order chi connectivity index (χ1) is 10.6. The molecule has 0 atom stereocenters. The van der Waals surface area contributed by atoms with Gasteiger partial charge in [0.25, 0.3) is 5.91 Å². The number of halogens is 2. The summed E-state index contributed by atoms with van der Waals surface area (Å²) in [5.74, 6) is -0.527. The average molecular weight is 318 g/mol. The number of rotatable bonds is 3. The Morgan fingerprint density at radius 3 is 2.59 bits per heavy atom. The normalized spacial score (nSPS) is 10.5. The number of hydrogen-bond donors (Lipinski definition) is 1. The Labute approximate surface area is 129 Å². The summed E-state index contributed by atoms with van der Waals surface area (Å²) in [6.07, 6.45) is 1.24. The maximum Gasteiger partial charge on any atom is 0.257 e. The van der Waals surface area contributed by atoms with Crippen LogP contribution in [0.3, 0.4) is 0 Å². The quantitative estimate of drug-likeness (QED) is 0.798. The van der Waals surface area contributed by atoms with Gasteiger partial charge >= 0.3 is 0 Å². The molecule has 110 valence electrons. The molecule has 0 bridgehead atoms. The number of amides is 1. The van der Waals surface area contributed by atoms with Crippen molar-refractivity contribution in [2.24, 2.45) is 0 Å². The van der Waals surface area contributed by atoms with Gasteiger partial charge in [0, 0.05) is 11.3 Å². The summed E-state index contributed by atoms with van der Waals surface area (Å²) in [7, 11) is 0. The van der Waals surface area contributed by atoms with Crippen LogP contribution in [0.2, 0.25) is 5.02 Å². The molecule has 0 unspecified atom stereocenters. The first-order valence-electron chi connectivity index (χ1n) is 6.26. The Balaban J connectivity index is 1.77. The number of carbonyl (C=O) groups excluding carboxylic acids is 1. The van der Waals surface area contributed by atoms with Crippen LogP contribution in [-0.2, 0) is 0 Å². The van der Waals surface area contributed by atoms with Crippen LogP contribution in [0.25, 0.3) is 11.5 Å². The van der Waals surface area contributed by atoms with E-state index in [4.69, 9.17) is 16.0 Å². The Morgan fingerprint density at radius 1 is 1.18 bits per heavy atom. The average Bonchev–Trinajstić information content (AvgIpc) is 3.02. The molecule has 2 aromatic carbocycles. The van der Waals surface area contributed by atoms with Crippen molar-refractivity contribution in [1.82, 2.24) is 10.2 Å². The van der Waals surface area contributed by atoms with Crippen LogP contribution >= 0.6 is 11.6 Å². The molecule has 5 nitrogen and oxygen atoms in total. The minimum Gasteiger partial charge on any atom is -0.423 e. The van der Waals surface area contributed by atoms with E-state index in [0.717, 1.165) is 11.6 Å². The molecule has 0 aliphatic carbocycles. The monoisotopic (exact) mass is 317 g/mol. The molecule has 7 heteroatoms. The Bertz CT molecular complexity index is 804. The highest BCUT2D eigenvalue weighted by Gasteiger charge is 2.11. The van der Waals surface area contributed by atoms with Crippen molar-refractivity contribution in [2.75, 3.05) is 5.32 Å². The molecular formula is C15H9ClFN3O2. The third-order valence-electron chi connectivity index (χ3n) is 2.93. The Morgan fingerprint density at radius 2 is 1.95 bits per heavy atom. The summed E-state index contributed by atoms with van der Waals surface area (Å²) >= 11 is 5.85. The lowest BCUT2D eigenvalue weighted by atomic mass is 10.1. The van der Waals surface area contributed by atoms with Crippen LogP contribution in [0.15, 0.2) is 53.3 Å². The molecule has 1 N–H and O–H groups in total. The van der Waals surface area contributed by atoms with Gasteiger partial charge in [0.2, 0.25) is 12.3 Å². The molecule has 0 fully saturated rings. The molecular weight excluding hydrogens is 309 g/mol.